The number of hydrogen-bond donors (Lipinski definition) is 0. The molecule has 4 nitrogen and oxygen atoms in total. The predicted molar refractivity (Wildman–Crippen MR) is 77.0 cm³/mol. The van der Waals surface area contributed by atoms with Gasteiger partial charge in [0.15, 0.2) is 0 Å². The molecule has 0 bridgehead atoms. The van der Waals surface area contributed by atoms with Crippen molar-refractivity contribution < 1.29 is 17.5 Å². The fourth-order valence-electron chi connectivity index (χ4n) is 3.39. The first-order valence-electron chi connectivity index (χ1n) is 7.40. The molecule has 1 aliphatic carbocycles. The molecule has 6 heteroatoms. The standard InChI is InChI=1S/C15H20FNO3S/c1-11-10-12(16)6-7-15(11)21(18,19)17-8-9-20-14-5-3-2-4-13(14)17/h6-7,10,13-14H,2-5,8-9H2,1H3/t13-,14-/m0/s1. The smallest absolute Gasteiger partial charge is 0.243 e. The molecule has 2 fully saturated rings. The lowest BCUT2D eigenvalue weighted by atomic mass is 9.91. The minimum Gasteiger partial charge on any atom is -0.375 e. The van der Waals surface area contributed by atoms with E-state index in [0.717, 1.165) is 25.7 Å². The van der Waals surface area contributed by atoms with Gasteiger partial charge in [0.05, 0.1) is 23.6 Å². The van der Waals surface area contributed by atoms with E-state index < -0.39 is 15.8 Å². The van der Waals surface area contributed by atoms with Crippen molar-refractivity contribution in [2.45, 2.75) is 49.6 Å². The third kappa shape index (κ3) is 2.72. The SMILES string of the molecule is Cc1cc(F)ccc1S(=O)(=O)N1CCO[C@H]2CCCC[C@@H]21. The zero-order chi connectivity index (χ0) is 15.0. The van der Waals surface area contributed by atoms with Crippen LogP contribution in [0.25, 0.3) is 0 Å². The number of aryl methyl sites for hydroxylation is 1. The van der Waals surface area contributed by atoms with Crippen molar-refractivity contribution in [2.75, 3.05) is 13.2 Å². The van der Waals surface area contributed by atoms with E-state index in [2.05, 4.69) is 0 Å². The van der Waals surface area contributed by atoms with Gasteiger partial charge >= 0.3 is 0 Å². The molecule has 0 unspecified atom stereocenters. The normalized spacial score (nSPS) is 27.3. The summed E-state index contributed by atoms with van der Waals surface area (Å²) >= 11 is 0. The Bertz CT molecular complexity index is 630. The summed E-state index contributed by atoms with van der Waals surface area (Å²) in [6, 6.07) is 3.76. The van der Waals surface area contributed by atoms with Crippen molar-refractivity contribution in [2.24, 2.45) is 0 Å². The molecular formula is C15H20FNO3S. The lowest BCUT2D eigenvalue weighted by Gasteiger charge is -2.42. The highest BCUT2D eigenvalue weighted by molar-refractivity contribution is 7.89. The van der Waals surface area contributed by atoms with Crippen LogP contribution in [0.1, 0.15) is 31.2 Å². The van der Waals surface area contributed by atoms with Gasteiger partial charge in [-0.3, -0.25) is 0 Å². The van der Waals surface area contributed by atoms with Crippen LogP contribution in [-0.2, 0) is 14.8 Å². The summed E-state index contributed by atoms with van der Waals surface area (Å²) < 4.78 is 46.4. The van der Waals surface area contributed by atoms with E-state index in [1.165, 1.54) is 18.2 Å². The molecular weight excluding hydrogens is 293 g/mol. The number of benzene rings is 1. The number of halogens is 1. The van der Waals surface area contributed by atoms with Crippen molar-refractivity contribution in [3.63, 3.8) is 0 Å². The molecule has 2 aliphatic rings. The lowest BCUT2D eigenvalue weighted by molar-refractivity contribution is -0.0586. The molecule has 116 valence electrons. The molecule has 21 heavy (non-hydrogen) atoms. The Hall–Kier alpha value is -0.980. The van der Waals surface area contributed by atoms with E-state index in [-0.39, 0.29) is 17.0 Å². The van der Waals surface area contributed by atoms with Gasteiger partial charge < -0.3 is 4.74 Å². The largest absolute Gasteiger partial charge is 0.375 e. The van der Waals surface area contributed by atoms with Gasteiger partial charge in [0.1, 0.15) is 5.82 Å². The van der Waals surface area contributed by atoms with E-state index in [0.29, 0.717) is 18.7 Å². The van der Waals surface area contributed by atoms with Gasteiger partial charge in [-0.1, -0.05) is 12.8 Å². The van der Waals surface area contributed by atoms with Gasteiger partial charge in [-0.2, -0.15) is 4.31 Å². The zero-order valence-electron chi connectivity index (χ0n) is 12.1. The molecule has 1 aliphatic heterocycles. The second-order valence-electron chi connectivity index (χ2n) is 5.79. The molecule has 3 rings (SSSR count). The summed E-state index contributed by atoms with van der Waals surface area (Å²) in [6.07, 6.45) is 3.87. The quantitative estimate of drug-likeness (QED) is 0.842. The Morgan fingerprint density at radius 2 is 2.05 bits per heavy atom. The van der Waals surface area contributed by atoms with Crippen LogP contribution in [0.2, 0.25) is 0 Å². The van der Waals surface area contributed by atoms with Crippen LogP contribution in [0.5, 0.6) is 0 Å². The van der Waals surface area contributed by atoms with Crippen LogP contribution in [0, 0.1) is 12.7 Å². The average molecular weight is 313 g/mol. The number of rotatable bonds is 2. The van der Waals surface area contributed by atoms with Crippen LogP contribution in [0.4, 0.5) is 4.39 Å². The molecule has 1 saturated heterocycles. The van der Waals surface area contributed by atoms with Gasteiger partial charge in [0.25, 0.3) is 0 Å². The van der Waals surface area contributed by atoms with E-state index >= 15 is 0 Å². The summed E-state index contributed by atoms with van der Waals surface area (Å²) in [5.74, 6) is -0.413. The van der Waals surface area contributed by atoms with Crippen molar-refractivity contribution in [1.82, 2.24) is 4.31 Å². The number of ether oxygens (including phenoxy) is 1. The first-order chi connectivity index (χ1) is 10.00. The highest BCUT2D eigenvalue weighted by Gasteiger charge is 2.41. The van der Waals surface area contributed by atoms with Crippen LogP contribution < -0.4 is 0 Å². The van der Waals surface area contributed by atoms with Gasteiger partial charge in [-0.25, -0.2) is 12.8 Å². The number of hydrogen-bond acceptors (Lipinski definition) is 3. The second-order valence-corrected chi connectivity index (χ2v) is 7.65. The van der Waals surface area contributed by atoms with Crippen LogP contribution in [-0.4, -0.2) is 38.0 Å². The van der Waals surface area contributed by atoms with Crippen molar-refractivity contribution in [3.05, 3.63) is 29.6 Å². The number of nitrogens with zero attached hydrogens (tertiary/aromatic N) is 1. The van der Waals surface area contributed by atoms with E-state index in [9.17, 15) is 12.8 Å². The van der Waals surface area contributed by atoms with Gasteiger partial charge in [0, 0.05) is 6.54 Å². The maximum atomic E-state index is 13.2. The van der Waals surface area contributed by atoms with Crippen LogP contribution in [0.15, 0.2) is 23.1 Å². The lowest BCUT2D eigenvalue weighted by Crippen LogP contribution is -2.54. The van der Waals surface area contributed by atoms with E-state index in [1.54, 1.807) is 11.2 Å². The molecule has 1 heterocycles. The molecule has 1 saturated carbocycles. The molecule has 1 aromatic rings. The highest BCUT2D eigenvalue weighted by atomic mass is 32.2. The van der Waals surface area contributed by atoms with Crippen LogP contribution >= 0.6 is 0 Å². The Kier molecular flexibility index (Phi) is 4.03. The Morgan fingerprint density at radius 3 is 2.81 bits per heavy atom. The van der Waals surface area contributed by atoms with Crippen molar-refractivity contribution in [1.29, 1.82) is 0 Å². The summed E-state index contributed by atoms with van der Waals surface area (Å²) in [6.45, 7) is 2.44. The third-order valence-electron chi connectivity index (χ3n) is 4.40. The third-order valence-corrected chi connectivity index (χ3v) is 6.49. The Morgan fingerprint density at radius 1 is 1.29 bits per heavy atom. The summed E-state index contributed by atoms with van der Waals surface area (Å²) in [4.78, 5) is 0.204. The molecule has 2 atom stereocenters. The van der Waals surface area contributed by atoms with Crippen molar-refractivity contribution in [3.8, 4) is 0 Å². The average Bonchev–Trinajstić information content (AvgIpc) is 2.46. The van der Waals surface area contributed by atoms with Gasteiger partial charge in [0.2, 0.25) is 10.0 Å². The minimum atomic E-state index is -3.59. The first kappa shape index (κ1) is 14.9. The fraction of sp³-hybridized carbons (Fsp3) is 0.600. The Balaban J connectivity index is 1.96. The monoisotopic (exact) mass is 313 g/mol. The first-order valence-corrected chi connectivity index (χ1v) is 8.84. The highest BCUT2D eigenvalue weighted by Crippen LogP contribution is 2.33. The maximum Gasteiger partial charge on any atom is 0.243 e. The maximum absolute atomic E-state index is 13.2. The van der Waals surface area contributed by atoms with E-state index in [1.807, 2.05) is 0 Å². The Labute approximate surface area is 125 Å². The second kappa shape index (κ2) is 5.66. The minimum absolute atomic E-state index is 0.00281. The number of fused-ring (bicyclic) bond motifs is 1. The molecule has 1 aromatic carbocycles. The fourth-order valence-corrected chi connectivity index (χ4v) is 5.26. The van der Waals surface area contributed by atoms with Gasteiger partial charge in [-0.15, -0.1) is 0 Å². The summed E-state index contributed by atoms with van der Waals surface area (Å²) in [5.41, 5.74) is 0.453. The number of morpholine rings is 1. The number of sulfonamides is 1. The van der Waals surface area contributed by atoms with Crippen LogP contribution in [0.3, 0.4) is 0 Å². The van der Waals surface area contributed by atoms with Crippen molar-refractivity contribution >= 4 is 10.0 Å². The molecule has 0 radical (unpaired) electrons. The zero-order valence-corrected chi connectivity index (χ0v) is 12.9. The predicted octanol–water partition coefficient (Wildman–Crippen LogP) is 2.47. The molecule has 0 aromatic heterocycles. The summed E-state index contributed by atoms with van der Waals surface area (Å²) in [7, 11) is -3.59. The molecule has 0 N–H and O–H groups in total. The topological polar surface area (TPSA) is 46.6 Å². The van der Waals surface area contributed by atoms with E-state index in [4.69, 9.17) is 4.74 Å². The molecule has 0 spiro atoms. The summed E-state index contributed by atoms with van der Waals surface area (Å²) in [5, 5.41) is 0. The van der Waals surface area contributed by atoms with Gasteiger partial charge in [-0.05, 0) is 43.5 Å². The molecule has 0 amide bonds.